The largest absolute Gasteiger partial charge is 0.332 e. The van der Waals surface area contributed by atoms with E-state index in [1.165, 1.54) is 16.8 Å². The molecule has 0 fully saturated rings. The molecule has 0 aliphatic heterocycles. The molecule has 7 aromatic carbocycles. The average Bonchev–Trinajstić information content (AvgIpc) is 3.85. The Balaban J connectivity index is 0.000000214. The van der Waals surface area contributed by atoms with Crippen molar-refractivity contribution in [3.8, 4) is 50.6 Å². The number of pyridine rings is 1. The monoisotopic (exact) mass is 1020 g/mol. The predicted molar refractivity (Wildman–Crippen MR) is 259 cm³/mol. The number of nitrogens with zero attached hydrogens (tertiary/aromatic N) is 3. The number of imidazole rings is 1. The van der Waals surface area contributed by atoms with Gasteiger partial charge in [-0.3, -0.25) is 4.98 Å². The summed E-state index contributed by atoms with van der Waals surface area (Å²) in [4.78, 5) is 9.92. The summed E-state index contributed by atoms with van der Waals surface area (Å²) in [6, 6.07) is 61.9. The van der Waals surface area contributed by atoms with Crippen molar-refractivity contribution >= 4 is 55.8 Å². The van der Waals surface area contributed by atoms with Gasteiger partial charge in [-0.15, -0.1) is 54.1 Å². The molecule has 0 amide bonds. The van der Waals surface area contributed by atoms with Gasteiger partial charge in [0.05, 0.1) is 30.6 Å². The minimum absolute atomic E-state index is 0. The maximum absolute atomic E-state index is 14.2. The molecule has 0 aliphatic carbocycles. The van der Waals surface area contributed by atoms with Gasteiger partial charge in [0.1, 0.15) is 5.82 Å². The molecule has 62 heavy (non-hydrogen) atoms. The second kappa shape index (κ2) is 18.3. The molecular formula is C55H46FIrN3SSi-2. The van der Waals surface area contributed by atoms with Gasteiger partial charge in [0, 0.05) is 42.1 Å². The minimum atomic E-state index is -1.34. The fourth-order valence-corrected chi connectivity index (χ4v) is 11.1. The molecule has 0 spiro atoms. The molecule has 0 saturated carbocycles. The van der Waals surface area contributed by atoms with Crippen molar-refractivity contribution in [2.75, 3.05) is 0 Å². The standard InChI is InChI=1S/C37H22FN2S.C18H24NSi.Ir/c38-26-21-22-29-30-17-10-18-31(36(30)41-34(29)23-26)37-39-32-19-7-8-20-33(32)40(37)35-27(24-11-3-1-4-12-24)15-9-16-28(35)25-13-5-2-6-14-25;1-14(2)11-16-12-17(15-9-7-6-8-10-15)19-13-18(16)20(3,4)5;/h1-17,19-23H;6-9,12-14H,11H2,1-5H3;/q2*-1;. The number of benzene rings is 7. The van der Waals surface area contributed by atoms with Crippen LogP contribution in [0.5, 0.6) is 0 Å². The van der Waals surface area contributed by atoms with Crippen LogP contribution < -0.4 is 5.19 Å². The van der Waals surface area contributed by atoms with Crippen molar-refractivity contribution in [2.45, 2.75) is 39.9 Å². The van der Waals surface area contributed by atoms with Gasteiger partial charge in [-0.25, -0.2) is 4.39 Å². The van der Waals surface area contributed by atoms with E-state index in [1.54, 1.807) is 17.4 Å². The van der Waals surface area contributed by atoms with Gasteiger partial charge in [-0.05, 0) is 68.7 Å². The van der Waals surface area contributed by atoms with Crippen molar-refractivity contribution in [3.63, 3.8) is 0 Å². The molecule has 309 valence electrons. The van der Waals surface area contributed by atoms with Crippen LogP contribution in [-0.4, -0.2) is 22.6 Å². The van der Waals surface area contributed by atoms with E-state index in [1.807, 2.05) is 48.5 Å². The summed E-state index contributed by atoms with van der Waals surface area (Å²) in [6.45, 7) is 11.7. The Morgan fingerprint density at radius 2 is 1.37 bits per heavy atom. The van der Waals surface area contributed by atoms with Crippen LogP contribution in [0.2, 0.25) is 19.6 Å². The van der Waals surface area contributed by atoms with Crippen LogP contribution in [0.1, 0.15) is 19.4 Å². The molecule has 10 rings (SSSR count). The number of fused-ring (bicyclic) bond motifs is 4. The molecule has 10 aromatic rings. The van der Waals surface area contributed by atoms with E-state index in [0.717, 1.165) is 88.2 Å². The Labute approximate surface area is 382 Å². The number of thiophene rings is 1. The summed E-state index contributed by atoms with van der Waals surface area (Å²) in [5, 5.41) is 3.61. The first-order valence-corrected chi connectivity index (χ1v) is 25.2. The first kappa shape index (κ1) is 42.8. The summed E-state index contributed by atoms with van der Waals surface area (Å²) in [6.07, 6.45) is 3.24. The number of rotatable bonds is 8. The molecular weight excluding hydrogens is 974 g/mol. The third kappa shape index (κ3) is 8.64. The average molecular weight is 1020 g/mol. The van der Waals surface area contributed by atoms with E-state index in [4.69, 9.17) is 4.98 Å². The number of aromatic nitrogens is 3. The zero-order chi connectivity index (χ0) is 42.1. The van der Waals surface area contributed by atoms with Gasteiger partial charge < -0.3 is 9.55 Å². The Kier molecular flexibility index (Phi) is 12.6. The molecule has 3 nitrogen and oxygen atoms in total. The van der Waals surface area contributed by atoms with Crippen molar-refractivity contribution < 1.29 is 24.5 Å². The molecule has 3 heterocycles. The van der Waals surface area contributed by atoms with E-state index >= 15 is 0 Å². The van der Waals surface area contributed by atoms with Crippen LogP contribution in [0, 0.1) is 23.9 Å². The van der Waals surface area contributed by atoms with E-state index in [0.29, 0.717) is 5.92 Å². The molecule has 7 heteroatoms. The molecule has 3 aromatic heterocycles. The van der Waals surface area contributed by atoms with E-state index in [-0.39, 0.29) is 25.9 Å². The van der Waals surface area contributed by atoms with Gasteiger partial charge >= 0.3 is 0 Å². The van der Waals surface area contributed by atoms with Gasteiger partial charge in [0.25, 0.3) is 0 Å². The Morgan fingerprint density at radius 1 is 0.694 bits per heavy atom. The van der Waals surface area contributed by atoms with E-state index in [9.17, 15) is 4.39 Å². The number of para-hydroxylation sites is 3. The Bertz CT molecular complexity index is 3080. The second-order valence-electron chi connectivity index (χ2n) is 16.9. The summed E-state index contributed by atoms with van der Waals surface area (Å²) < 4.78 is 18.5. The summed E-state index contributed by atoms with van der Waals surface area (Å²) in [5.74, 6) is 1.25. The van der Waals surface area contributed by atoms with Crippen molar-refractivity contribution in [1.29, 1.82) is 0 Å². The zero-order valence-corrected chi connectivity index (χ0v) is 39.6. The van der Waals surface area contributed by atoms with Crippen LogP contribution in [0.15, 0.2) is 170 Å². The fourth-order valence-electron chi connectivity index (χ4n) is 8.27. The maximum atomic E-state index is 14.2. The summed E-state index contributed by atoms with van der Waals surface area (Å²) >= 11 is 1.59. The van der Waals surface area contributed by atoms with E-state index < -0.39 is 8.07 Å². The van der Waals surface area contributed by atoms with Gasteiger partial charge in [-0.1, -0.05) is 153 Å². The van der Waals surface area contributed by atoms with Gasteiger partial charge in [0.15, 0.2) is 0 Å². The number of hydrogen-bond donors (Lipinski definition) is 0. The first-order valence-electron chi connectivity index (χ1n) is 20.8. The molecule has 0 atom stereocenters. The first-order chi connectivity index (χ1) is 29.6. The molecule has 0 aliphatic rings. The normalized spacial score (nSPS) is 11.5. The quantitative estimate of drug-likeness (QED) is 0.112. The Morgan fingerprint density at radius 3 is 2.03 bits per heavy atom. The number of halogens is 1. The van der Waals surface area contributed by atoms with Crippen LogP contribution >= 0.6 is 11.3 Å². The minimum Gasteiger partial charge on any atom is -0.332 e. The third-order valence-electron chi connectivity index (χ3n) is 11.0. The topological polar surface area (TPSA) is 30.7 Å². The van der Waals surface area contributed by atoms with Crippen LogP contribution in [0.4, 0.5) is 4.39 Å². The van der Waals surface area contributed by atoms with Gasteiger partial charge in [0.2, 0.25) is 0 Å². The molecule has 0 unspecified atom stereocenters. The summed E-state index contributed by atoms with van der Waals surface area (Å²) in [7, 11) is -1.34. The van der Waals surface area contributed by atoms with Crippen molar-refractivity contribution in [1.82, 2.24) is 14.5 Å². The van der Waals surface area contributed by atoms with Gasteiger partial charge in [-0.2, -0.15) is 11.3 Å². The van der Waals surface area contributed by atoms with E-state index in [2.05, 4.69) is 164 Å². The SMILES string of the molecule is CC(C)Cc1cc(-c2[c-]cccc2)ncc1[Si](C)(C)C.Fc1ccc2c(c1)sc1c(-c3nc4ccccc4n3-c3c(-c4ccccc4)cccc3-c3ccccc3)[c-]ccc12.[Ir]. The van der Waals surface area contributed by atoms with Crippen LogP contribution in [0.25, 0.3) is 81.8 Å². The Hall–Kier alpha value is -5.82. The second-order valence-corrected chi connectivity index (χ2v) is 23.0. The van der Waals surface area contributed by atoms with Crippen molar-refractivity contribution in [3.05, 3.63) is 194 Å². The molecule has 0 N–H and O–H groups in total. The smallest absolute Gasteiger partial charge is 0.124 e. The molecule has 1 radical (unpaired) electrons. The van der Waals surface area contributed by atoms with Crippen LogP contribution in [0.3, 0.4) is 0 Å². The maximum Gasteiger partial charge on any atom is 0.124 e. The zero-order valence-electron chi connectivity index (χ0n) is 35.4. The number of hydrogen-bond acceptors (Lipinski definition) is 3. The van der Waals surface area contributed by atoms with Crippen LogP contribution in [-0.2, 0) is 26.5 Å². The predicted octanol–water partition coefficient (Wildman–Crippen LogP) is 14.6. The third-order valence-corrected chi connectivity index (χ3v) is 14.3. The van der Waals surface area contributed by atoms with Crippen molar-refractivity contribution in [2.24, 2.45) is 5.92 Å². The summed E-state index contributed by atoms with van der Waals surface area (Å²) in [5.41, 5.74) is 12.0. The fraction of sp³-hybridized carbons (Fsp3) is 0.127. The molecule has 0 saturated heterocycles. The molecule has 0 bridgehead atoms.